The molecule has 90 valence electrons. The maximum absolute atomic E-state index is 8.96. The molecule has 0 bridgehead atoms. The van der Waals surface area contributed by atoms with E-state index in [-0.39, 0.29) is 0 Å². The van der Waals surface area contributed by atoms with E-state index in [0.29, 0.717) is 16.5 Å². The fourth-order valence-electron chi connectivity index (χ4n) is 1.77. The molecule has 0 radical (unpaired) electrons. The third-order valence-electron chi connectivity index (χ3n) is 2.57. The van der Waals surface area contributed by atoms with Crippen molar-refractivity contribution in [2.45, 2.75) is 6.92 Å². The van der Waals surface area contributed by atoms with Crippen molar-refractivity contribution < 1.29 is 0 Å². The Labute approximate surface area is 111 Å². The van der Waals surface area contributed by atoms with Crippen LogP contribution in [-0.4, -0.2) is 11.5 Å². The normalized spacial score (nSPS) is 9.83. The van der Waals surface area contributed by atoms with Gasteiger partial charge in [0.05, 0.1) is 11.6 Å². The molecule has 1 aromatic heterocycles. The van der Waals surface area contributed by atoms with E-state index in [1.54, 1.807) is 12.1 Å². The Morgan fingerprint density at radius 3 is 2.61 bits per heavy atom. The number of aromatic nitrogens is 1. The number of rotatable bonds is 3. The van der Waals surface area contributed by atoms with Crippen LogP contribution in [0.2, 0.25) is 5.15 Å². The van der Waals surface area contributed by atoms with Gasteiger partial charge in [0.2, 0.25) is 0 Å². The minimum Gasteiger partial charge on any atom is -0.327 e. The van der Waals surface area contributed by atoms with Crippen molar-refractivity contribution >= 4 is 23.1 Å². The number of pyridine rings is 1. The molecule has 0 aliphatic rings. The summed E-state index contributed by atoms with van der Waals surface area (Å²) in [7, 11) is 0. The molecule has 0 unspecified atom stereocenters. The van der Waals surface area contributed by atoms with E-state index in [9.17, 15) is 0 Å². The Bertz CT molecular complexity index is 575. The van der Waals surface area contributed by atoms with Crippen LogP contribution in [0, 0.1) is 11.3 Å². The molecule has 4 heteroatoms. The van der Waals surface area contributed by atoms with Crippen LogP contribution in [0.4, 0.5) is 11.5 Å². The fourth-order valence-corrected chi connectivity index (χ4v) is 1.97. The first-order valence-electron chi connectivity index (χ1n) is 5.65. The number of nitriles is 1. The second-order valence-electron chi connectivity index (χ2n) is 3.73. The van der Waals surface area contributed by atoms with Gasteiger partial charge in [0.1, 0.15) is 11.0 Å². The van der Waals surface area contributed by atoms with Crippen molar-refractivity contribution in [3.8, 4) is 6.07 Å². The number of para-hydroxylation sites is 1. The first kappa shape index (κ1) is 12.4. The number of halogens is 1. The zero-order valence-electron chi connectivity index (χ0n) is 9.97. The summed E-state index contributed by atoms with van der Waals surface area (Å²) in [5.41, 5.74) is 1.54. The van der Waals surface area contributed by atoms with Crippen molar-refractivity contribution in [3.05, 3.63) is 53.2 Å². The lowest BCUT2D eigenvalue weighted by molar-refractivity contribution is 0.989. The average molecular weight is 258 g/mol. The van der Waals surface area contributed by atoms with E-state index >= 15 is 0 Å². The average Bonchev–Trinajstić information content (AvgIpc) is 2.40. The van der Waals surface area contributed by atoms with Gasteiger partial charge in [0, 0.05) is 12.2 Å². The minimum absolute atomic E-state index is 0.332. The summed E-state index contributed by atoms with van der Waals surface area (Å²) in [6.07, 6.45) is 0. The molecule has 2 rings (SSSR count). The fraction of sp³-hybridized carbons (Fsp3) is 0.143. The summed E-state index contributed by atoms with van der Waals surface area (Å²) in [6.45, 7) is 2.78. The van der Waals surface area contributed by atoms with Crippen LogP contribution in [0.3, 0.4) is 0 Å². The van der Waals surface area contributed by atoms with Crippen molar-refractivity contribution in [1.82, 2.24) is 4.98 Å². The van der Waals surface area contributed by atoms with Gasteiger partial charge in [-0.05, 0) is 31.2 Å². The number of nitrogens with zero attached hydrogens (tertiary/aromatic N) is 3. The van der Waals surface area contributed by atoms with E-state index in [4.69, 9.17) is 16.9 Å². The van der Waals surface area contributed by atoms with Gasteiger partial charge in [0.25, 0.3) is 0 Å². The molecule has 1 aromatic carbocycles. The minimum atomic E-state index is 0.332. The van der Waals surface area contributed by atoms with Gasteiger partial charge in [-0.2, -0.15) is 5.26 Å². The van der Waals surface area contributed by atoms with E-state index in [0.717, 1.165) is 12.2 Å². The van der Waals surface area contributed by atoms with Crippen LogP contribution in [-0.2, 0) is 0 Å². The van der Waals surface area contributed by atoms with Crippen LogP contribution >= 0.6 is 11.6 Å². The molecule has 2 aromatic rings. The van der Waals surface area contributed by atoms with E-state index in [2.05, 4.69) is 11.1 Å². The van der Waals surface area contributed by atoms with E-state index < -0.39 is 0 Å². The summed E-state index contributed by atoms with van der Waals surface area (Å²) in [5, 5.41) is 9.29. The van der Waals surface area contributed by atoms with Gasteiger partial charge in [-0.3, -0.25) is 0 Å². The predicted octanol–water partition coefficient (Wildman–Crippen LogP) is 3.76. The molecular weight excluding hydrogens is 246 g/mol. The summed E-state index contributed by atoms with van der Waals surface area (Å²) in [6, 6.07) is 15.3. The van der Waals surface area contributed by atoms with Crippen LogP contribution in [0.15, 0.2) is 42.5 Å². The lowest BCUT2D eigenvalue weighted by Crippen LogP contribution is -2.17. The highest BCUT2D eigenvalue weighted by atomic mass is 35.5. The molecule has 0 spiro atoms. The Kier molecular flexibility index (Phi) is 3.81. The predicted molar refractivity (Wildman–Crippen MR) is 73.1 cm³/mol. The van der Waals surface area contributed by atoms with E-state index in [1.807, 2.05) is 42.2 Å². The van der Waals surface area contributed by atoms with Crippen LogP contribution in [0.1, 0.15) is 12.5 Å². The third-order valence-corrected chi connectivity index (χ3v) is 2.76. The van der Waals surface area contributed by atoms with Gasteiger partial charge in [0.15, 0.2) is 0 Å². The lowest BCUT2D eigenvalue weighted by Gasteiger charge is -2.22. The molecule has 0 saturated heterocycles. The molecule has 0 aliphatic heterocycles. The number of hydrogen-bond donors (Lipinski definition) is 0. The monoisotopic (exact) mass is 257 g/mol. The molecular formula is C14H12ClN3. The van der Waals surface area contributed by atoms with Crippen molar-refractivity contribution in [1.29, 1.82) is 5.26 Å². The Balaban J connectivity index is 2.46. The van der Waals surface area contributed by atoms with Gasteiger partial charge in [-0.1, -0.05) is 29.8 Å². The highest BCUT2D eigenvalue weighted by Gasteiger charge is 2.10. The van der Waals surface area contributed by atoms with Crippen LogP contribution in [0.5, 0.6) is 0 Å². The number of hydrogen-bond acceptors (Lipinski definition) is 3. The standard InChI is InChI=1S/C14H12ClN3/c1-2-18(12-6-4-3-5-7-12)14-9-11(10-16)8-13(15)17-14/h3-9H,2H2,1H3. The molecule has 3 nitrogen and oxygen atoms in total. The second kappa shape index (κ2) is 5.52. The Morgan fingerprint density at radius 1 is 1.28 bits per heavy atom. The molecule has 0 amide bonds. The summed E-state index contributed by atoms with van der Waals surface area (Å²) < 4.78 is 0. The number of benzene rings is 1. The molecule has 0 aliphatic carbocycles. The first-order valence-corrected chi connectivity index (χ1v) is 6.02. The largest absolute Gasteiger partial charge is 0.327 e. The summed E-state index contributed by atoms with van der Waals surface area (Å²) >= 11 is 5.93. The van der Waals surface area contributed by atoms with Crippen molar-refractivity contribution in [2.24, 2.45) is 0 Å². The maximum atomic E-state index is 8.96. The molecule has 0 atom stereocenters. The topological polar surface area (TPSA) is 39.9 Å². The van der Waals surface area contributed by atoms with Crippen LogP contribution in [0.25, 0.3) is 0 Å². The quantitative estimate of drug-likeness (QED) is 0.786. The van der Waals surface area contributed by atoms with Gasteiger partial charge < -0.3 is 4.90 Å². The Hall–Kier alpha value is -2.05. The molecule has 18 heavy (non-hydrogen) atoms. The highest BCUT2D eigenvalue weighted by molar-refractivity contribution is 6.29. The zero-order chi connectivity index (χ0) is 13.0. The van der Waals surface area contributed by atoms with E-state index in [1.165, 1.54) is 0 Å². The van der Waals surface area contributed by atoms with Gasteiger partial charge in [-0.15, -0.1) is 0 Å². The maximum Gasteiger partial charge on any atom is 0.136 e. The smallest absolute Gasteiger partial charge is 0.136 e. The van der Waals surface area contributed by atoms with Crippen LogP contribution < -0.4 is 4.90 Å². The molecule has 0 fully saturated rings. The lowest BCUT2D eigenvalue weighted by atomic mass is 10.2. The third kappa shape index (κ3) is 2.61. The highest BCUT2D eigenvalue weighted by Crippen LogP contribution is 2.25. The molecule has 0 N–H and O–H groups in total. The van der Waals surface area contributed by atoms with Crippen molar-refractivity contribution in [2.75, 3.05) is 11.4 Å². The van der Waals surface area contributed by atoms with Crippen molar-refractivity contribution in [3.63, 3.8) is 0 Å². The summed E-state index contributed by atoms with van der Waals surface area (Å²) in [4.78, 5) is 6.28. The zero-order valence-corrected chi connectivity index (χ0v) is 10.7. The number of anilines is 2. The van der Waals surface area contributed by atoms with Gasteiger partial charge >= 0.3 is 0 Å². The SMILES string of the molecule is CCN(c1ccccc1)c1cc(C#N)cc(Cl)n1. The molecule has 0 saturated carbocycles. The summed E-state index contributed by atoms with van der Waals surface area (Å²) in [5.74, 6) is 0.688. The first-order chi connectivity index (χ1) is 8.74. The second-order valence-corrected chi connectivity index (χ2v) is 4.12. The Morgan fingerprint density at radius 2 is 2.00 bits per heavy atom. The van der Waals surface area contributed by atoms with Gasteiger partial charge in [-0.25, -0.2) is 4.98 Å². The molecule has 1 heterocycles.